The van der Waals surface area contributed by atoms with E-state index < -0.39 is 0 Å². The first-order chi connectivity index (χ1) is 10.2. The molecule has 2 rings (SSSR count). The van der Waals surface area contributed by atoms with Gasteiger partial charge in [-0.05, 0) is 36.7 Å². The molecule has 0 radical (unpaired) electrons. The largest absolute Gasteiger partial charge is 0.494 e. The molecule has 0 aliphatic heterocycles. The number of pyridine rings is 1. The molecule has 0 fully saturated rings. The molecule has 1 aromatic carbocycles. The van der Waals surface area contributed by atoms with E-state index in [1.54, 1.807) is 36.5 Å². The first kappa shape index (κ1) is 15.7. The van der Waals surface area contributed by atoms with Gasteiger partial charge in [0.2, 0.25) is 0 Å². The van der Waals surface area contributed by atoms with Crippen molar-refractivity contribution >= 4 is 11.6 Å². The topological polar surface area (TPSA) is 34.1 Å². The van der Waals surface area contributed by atoms with E-state index in [1.807, 2.05) is 6.92 Å². The molecule has 1 unspecified atom stereocenters. The number of rotatable bonds is 6. The molecular weight excluding hydrogens is 291 g/mol. The molecule has 0 aliphatic carbocycles. The van der Waals surface area contributed by atoms with Crippen molar-refractivity contribution in [1.29, 1.82) is 0 Å². The minimum Gasteiger partial charge on any atom is -0.494 e. The summed E-state index contributed by atoms with van der Waals surface area (Å²) in [6.07, 6.45) is 2.14. The molecule has 112 valence electrons. The van der Waals surface area contributed by atoms with Crippen molar-refractivity contribution in [1.82, 2.24) is 10.3 Å². The molecule has 5 heteroatoms. The van der Waals surface area contributed by atoms with Gasteiger partial charge in [-0.2, -0.15) is 0 Å². The van der Waals surface area contributed by atoms with E-state index in [2.05, 4.69) is 10.3 Å². The Morgan fingerprint density at radius 2 is 2.14 bits per heavy atom. The summed E-state index contributed by atoms with van der Waals surface area (Å²) >= 11 is 6.20. The predicted octanol–water partition coefficient (Wildman–Crippen LogP) is 3.78. The Balaban J connectivity index is 2.31. The van der Waals surface area contributed by atoms with Gasteiger partial charge in [0.25, 0.3) is 0 Å². The highest BCUT2D eigenvalue weighted by molar-refractivity contribution is 6.31. The van der Waals surface area contributed by atoms with Gasteiger partial charge in [0.05, 0.1) is 23.9 Å². The summed E-state index contributed by atoms with van der Waals surface area (Å²) < 4.78 is 19.3. The molecule has 21 heavy (non-hydrogen) atoms. The van der Waals surface area contributed by atoms with E-state index in [0.717, 1.165) is 12.2 Å². The number of hydrogen-bond acceptors (Lipinski definition) is 3. The van der Waals surface area contributed by atoms with Crippen LogP contribution >= 0.6 is 11.6 Å². The number of benzene rings is 1. The van der Waals surface area contributed by atoms with Crippen LogP contribution in [0.4, 0.5) is 4.39 Å². The summed E-state index contributed by atoms with van der Waals surface area (Å²) in [5.41, 5.74) is 1.30. The van der Waals surface area contributed by atoms with Gasteiger partial charge in [-0.15, -0.1) is 0 Å². The maximum absolute atomic E-state index is 14.3. The van der Waals surface area contributed by atoms with Gasteiger partial charge in [0.15, 0.2) is 11.6 Å². The highest BCUT2D eigenvalue weighted by Crippen LogP contribution is 2.27. The Bertz CT molecular complexity index is 607. The van der Waals surface area contributed by atoms with E-state index in [1.165, 1.54) is 7.11 Å². The Morgan fingerprint density at radius 1 is 1.33 bits per heavy atom. The number of likely N-dealkylation sites (N-methyl/N-ethyl adjacent to an activating group) is 1. The average molecular weight is 309 g/mol. The van der Waals surface area contributed by atoms with Gasteiger partial charge < -0.3 is 10.1 Å². The molecule has 0 saturated heterocycles. The second kappa shape index (κ2) is 7.38. The minimum absolute atomic E-state index is 0.148. The Hall–Kier alpha value is -1.65. The first-order valence-corrected chi connectivity index (χ1v) is 7.20. The first-order valence-electron chi connectivity index (χ1n) is 6.82. The van der Waals surface area contributed by atoms with Crippen LogP contribution in [-0.4, -0.2) is 18.6 Å². The van der Waals surface area contributed by atoms with Crippen LogP contribution in [0.1, 0.15) is 24.2 Å². The number of aromatic nitrogens is 1. The van der Waals surface area contributed by atoms with Crippen molar-refractivity contribution in [2.75, 3.05) is 13.7 Å². The van der Waals surface area contributed by atoms with Crippen LogP contribution < -0.4 is 10.1 Å². The Morgan fingerprint density at radius 3 is 2.81 bits per heavy atom. The molecule has 0 bridgehead atoms. The molecule has 0 aliphatic rings. The van der Waals surface area contributed by atoms with E-state index >= 15 is 0 Å². The van der Waals surface area contributed by atoms with Crippen LogP contribution in [0.3, 0.4) is 0 Å². The van der Waals surface area contributed by atoms with Crippen molar-refractivity contribution in [3.05, 3.63) is 58.6 Å². The summed E-state index contributed by atoms with van der Waals surface area (Å²) in [7, 11) is 1.46. The average Bonchev–Trinajstić information content (AvgIpc) is 2.49. The fourth-order valence-corrected chi connectivity index (χ4v) is 2.51. The van der Waals surface area contributed by atoms with Gasteiger partial charge in [-0.3, -0.25) is 4.98 Å². The van der Waals surface area contributed by atoms with Crippen LogP contribution in [0, 0.1) is 5.82 Å². The second-order valence-corrected chi connectivity index (χ2v) is 5.03. The number of ether oxygens (including phenoxy) is 1. The normalized spacial score (nSPS) is 12.2. The zero-order valence-electron chi connectivity index (χ0n) is 12.1. The molecule has 2 aromatic rings. The van der Waals surface area contributed by atoms with Crippen LogP contribution in [0.5, 0.6) is 5.75 Å². The van der Waals surface area contributed by atoms with Gasteiger partial charge in [-0.25, -0.2) is 4.39 Å². The van der Waals surface area contributed by atoms with Crippen LogP contribution in [-0.2, 0) is 6.42 Å². The molecular formula is C16H18ClFN2O. The van der Waals surface area contributed by atoms with Gasteiger partial charge in [0.1, 0.15) is 0 Å². The fraction of sp³-hybridized carbons (Fsp3) is 0.312. The summed E-state index contributed by atoms with van der Waals surface area (Å²) in [6.45, 7) is 2.73. The third-order valence-corrected chi connectivity index (χ3v) is 3.57. The highest BCUT2D eigenvalue weighted by atomic mass is 35.5. The van der Waals surface area contributed by atoms with Crippen molar-refractivity contribution in [2.24, 2.45) is 0 Å². The smallest absolute Gasteiger partial charge is 0.168 e. The van der Waals surface area contributed by atoms with E-state index in [-0.39, 0.29) is 17.6 Å². The lowest BCUT2D eigenvalue weighted by Gasteiger charge is -2.19. The molecule has 0 amide bonds. The number of methoxy groups -OCH3 is 1. The lowest BCUT2D eigenvalue weighted by molar-refractivity contribution is 0.382. The summed E-state index contributed by atoms with van der Waals surface area (Å²) in [5, 5.41) is 3.87. The van der Waals surface area contributed by atoms with Crippen LogP contribution in [0.15, 0.2) is 36.5 Å². The monoisotopic (exact) mass is 308 g/mol. The zero-order chi connectivity index (χ0) is 15.2. The SMILES string of the molecule is CCNC(Cc1cccc(OC)c1F)c1ncccc1Cl. The molecule has 0 saturated carbocycles. The Labute approximate surface area is 129 Å². The molecule has 1 N–H and O–H groups in total. The van der Waals surface area contributed by atoms with Gasteiger partial charge >= 0.3 is 0 Å². The highest BCUT2D eigenvalue weighted by Gasteiger charge is 2.18. The predicted molar refractivity (Wildman–Crippen MR) is 82.3 cm³/mol. The molecule has 1 heterocycles. The van der Waals surface area contributed by atoms with E-state index in [9.17, 15) is 4.39 Å². The molecule has 1 atom stereocenters. The van der Waals surface area contributed by atoms with E-state index in [4.69, 9.17) is 16.3 Å². The quantitative estimate of drug-likeness (QED) is 0.882. The maximum atomic E-state index is 14.3. The molecule has 0 spiro atoms. The lowest BCUT2D eigenvalue weighted by Crippen LogP contribution is -2.24. The van der Waals surface area contributed by atoms with Crippen molar-refractivity contribution in [3.8, 4) is 5.75 Å². The maximum Gasteiger partial charge on any atom is 0.168 e. The van der Waals surface area contributed by atoms with Gasteiger partial charge in [-0.1, -0.05) is 30.7 Å². The second-order valence-electron chi connectivity index (χ2n) is 4.62. The molecule has 3 nitrogen and oxygen atoms in total. The summed E-state index contributed by atoms with van der Waals surface area (Å²) in [6, 6.07) is 8.55. The third-order valence-electron chi connectivity index (χ3n) is 3.25. The zero-order valence-corrected chi connectivity index (χ0v) is 12.8. The Kier molecular flexibility index (Phi) is 5.53. The lowest BCUT2D eigenvalue weighted by atomic mass is 10.0. The standard InChI is InChI=1S/C16H18ClFN2O/c1-3-19-13(16-12(17)7-5-9-20-16)10-11-6-4-8-14(21-2)15(11)18/h4-9,13,19H,3,10H2,1-2H3. The third kappa shape index (κ3) is 3.71. The van der Waals surface area contributed by atoms with Crippen molar-refractivity contribution in [2.45, 2.75) is 19.4 Å². The minimum atomic E-state index is -0.338. The number of nitrogens with one attached hydrogen (secondary N) is 1. The fourth-order valence-electron chi connectivity index (χ4n) is 2.26. The van der Waals surface area contributed by atoms with Crippen molar-refractivity contribution < 1.29 is 9.13 Å². The molecule has 1 aromatic heterocycles. The number of hydrogen-bond donors (Lipinski definition) is 1. The van der Waals surface area contributed by atoms with Crippen LogP contribution in [0.25, 0.3) is 0 Å². The summed E-state index contributed by atoms with van der Waals surface area (Å²) in [5.74, 6) is -0.0928. The summed E-state index contributed by atoms with van der Waals surface area (Å²) in [4.78, 5) is 4.32. The van der Waals surface area contributed by atoms with E-state index in [0.29, 0.717) is 17.0 Å². The van der Waals surface area contributed by atoms with Gasteiger partial charge in [0, 0.05) is 6.20 Å². The number of halogens is 2. The number of nitrogens with zero attached hydrogens (tertiary/aromatic N) is 1. The van der Waals surface area contributed by atoms with Crippen molar-refractivity contribution in [3.63, 3.8) is 0 Å². The van der Waals surface area contributed by atoms with Crippen LogP contribution in [0.2, 0.25) is 5.02 Å².